The molecule has 26 heavy (non-hydrogen) atoms. The van der Waals surface area contributed by atoms with Crippen molar-refractivity contribution in [2.45, 2.75) is 17.3 Å². The Bertz CT molecular complexity index is 997. The van der Waals surface area contributed by atoms with Crippen LogP contribution in [0.25, 0.3) is 16.4 Å². The number of rotatable bonds is 5. The summed E-state index contributed by atoms with van der Waals surface area (Å²) in [5.74, 6) is 0.861. The summed E-state index contributed by atoms with van der Waals surface area (Å²) in [5, 5.41) is 12.8. The Balaban J connectivity index is 1.76. The van der Waals surface area contributed by atoms with Crippen LogP contribution in [-0.2, 0) is 0 Å². The Labute approximate surface area is 165 Å². The highest BCUT2D eigenvalue weighted by molar-refractivity contribution is 7.99. The van der Waals surface area contributed by atoms with E-state index in [9.17, 15) is 0 Å². The molecule has 2 heterocycles. The summed E-state index contributed by atoms with van der Waals surface area (Å²) >= 11 is 9.70. The number of hydrogen-bond donors (Lipinski definition) is 0. The van der Waals surface area contributed by atoms with Gasteiger partial charge in [0, 0.05) is 16.0 Å². The number of hydrogen-bond acceptors (Lipinski definition) is 4. The third kappa shape index (κ3) is 3.43. The molecule has 0 aliphatic heterocycles. The molecule has 2 aromatic heterocycles. The van der Waals surface area contributed by atoms with Gasteiger partial charge in [-0.3, -0.25) is 4.57 Å². The Morgan fingerprint density at radius 3 is 2.46 bits per heavy atom. The molecule has 4 rings (SSSR count). The van der Waals surface area contributed by atoms with Gasteiger partial charge in [0.05, 0.1) is 4.88 Å². The van der Waals surface area contributed by atoms with E-state index in [4.69, 9.17) is 11.6 Å². The van der Waals surface area contributed by atoms with Crippen LogP contribution in [0.1, 0.15) is 17.7 Å². The normalized spacial score (nSPS) is 12.2. The molecule has 4 aromatic rings. The summed E-state index contributed by atoms with van der Waals surface area (Å²) in [7, 11) is 0. The summed E-state index contributed by atoms with van der Waals surface area (Å²) in [6, 6.07) is 22.3. The van der Waals surface area contributed by atoms with Crippen LogP contribution in [0.4, 0.5) is 0 Å². The fourth-order valence-corrected chi connectivity index (χ4v) is 4.84. The van der Waals surface area contributed by atoms with Crippen LogP contribution >= 0.6 is 34.7 Å². The van der Waals surface area contributed by atoms with Gasteiger partial charge >= 0.3 is 0 Å². The monoisotopic (exact) mass is 397 g/mol. The highest BCUT2D eigenvalue weighted by Gasteiger charge is 2.20. The second-order valence-electron chi connectivity index (χ2n) is 5.74. The number of para-hydroxylation sites is 1. The first-order valence-electron chi connectivity index (χ1n) is 8.20. The SMILES string of the molecule is C[C@H](Sc1nnc(-c2cccs2)n1-c1ccccc1)c1ccccc1Cl. The van der Waals surface area contributed by atoms with Gasteiger partial charge in [-0.05, 0) is 42.1 Å². The Morgan fingerprint density at radius 2 is 1.73 bits per heavy atom. The van der Waals surface area contributed by atoms with Gasteiger partial charge in [-0.2, -0.15) is 0 Å². The van der Waals surface area contributed by atoms with E-state index >= 15 is 0 Å². The minimum atomic E-state index is 0.159. The Morgan fingerprint density at radius 1 is 0.962 bits per heavy atom. The predicted molar refractivity (Wildman–Crippen MR) is 110 cm³/mol. The van der Waals surface area contributed by atoms with Crippen molar-refractivity contribution >= 4 is 34.7 Å². The summed E-state index contributed by atoms with van der Waals surface area (Å²) in [5.41, 5.74) is 2.15. The smallest absolute Gasteiger partial charge is 0.196 e. The average Bonchev–Trinajstić information content (AvgIpc) is 3.32. The molecule has 2 aromatic carbocycles. The van der Waals surface area contributed by atoms with E-state index < -0.39 is 0 Å². The van der Waals surface area contributed by atoms with Gasteiger partial charge in [0.1, 0.15) is 0 Å². The summed E-state index contributed by atoms with van der Waals surface area (Å²) in [4.78, 5) is 1.10. The second-order valence-corrected chi connectivity index (χ2v) is 8.40. The van der Waals surface area contributed by atoms with Crippen molar-refractivity contribution in [3.05, 3.63) is 82.7 Å². The number of nitrogens with zero attached hydrogens (tertiary/aromatic N) is 3. The van der Waals surface area contributed by atoms with Crippen molar-refractivity contribution in [1.29, 1.82) is 0 Å². The topological polar surface area (TPSA) is 30.7 Å². The number of aromatic nitrogens is 3. The highest BCUT2D eigenvalue weighted by atomic mass is 35.5. The molecule has 6 heteroatoms. The first-order valence-corrected chi connectivity index (χ1v) is 10.3. The van der Waals surface area contributed by atoms with E-state index in [0.717, 1.165) is 32.1 Å². The zero-order chi connectivity index (χ0) is 17.9. The summed E-state index contributed by atoms with van der Waals surface area (Å²) in [6.45, 7) is 2.14. The predicted octanol–water partition coefficient (Wildman–Crippen LogP) is 6.50. The van der Waals surface area contributed by atoms with Crippen molar-refractivity contribution in [1.82, 2.24) is 14.8 Å². The van der Waals surface area contributed by atoms with Crippen molar-refractivity contribution in [2.75, 3.05) is 0 Å². The molecule has 0 bridgehead atoms. The first kappa shape index (κ1) is 17.3. The number of thiophene rings is 1. The molecule has 0 spiro atoms. The minimum Gasteiger partial charge on any atom is -0.269 e. The number of benzene rings is 2. The molecule has 1 atom stereocenters. The zero-order valence-electron chi connectivity index (χ0n) is 14.0. The lowest BCUT2D eigenvalue weighted by molar-refractivity contribution is 0.879. The van der Waals surface area contributed by atoms with Crippen LogP contribution in [0.15, 0.2) is 77.3 Å². The second kappa shape index (κ2) is 7.66. The van der Waals surface area contributed by atoms with Crippen molar-refractivity contribution in [3.63, 3.8) is 0 Å². The Kier molecular flexibility index (Phi) is 5.11. The molecule has 0 fully saturated rings. The van der Waals surface area contributed by atoms with Crippen LogP contribution < -0.4 is 0 Å². The summed E-state index contributed by atoms with van der Waals surface area (Å²) < 4.78 is 2.11. The molecule has 0 aliphatic rings. The van der Waals surface area contributed by atoms with Crippen LogP contribution in [-0.4, -0.2) is 14.8 Å². The maximum atomic E-state index is 6.37. The molecule has 0 aliphatic carbocycles. The van der Waals surface area contributed by atoms with Crippen molar-refractivity contribution in [3.8, 4) is 16.4 Å². The largest absolute Gasteiger partial charge is 0.269 e. The Hall–Kier alpha value is -2.08. The third-order valence-corrected chi connectivity index (χ3v) is 6.31. The minimum absolute atomic E-state index is 0.159. The van der Waals surface area contributed by atoms with E-state index in [0.29, 0.717) is 0 Å². The number of thioether (sulfide) groups is 1. The van der Waals surface area contributed by atoms with Gasteiger partial charge in [0.25, 0.3) is 0 Å². The van der Waals surface area contributed by atoms with Gasteiger partial charge in [0.15, 0.2) is 11.0 Å². The van der Waals surface area contributed by atoms with Gasteiger partial charge in [-0.1, -0.05) is 65.8 Å². The van der Waals surface area contributed by atoms with E-state index in [1.165, 1.54) is 0 Å². The zero-order valence-corrected chi connectivity index (χ0v) is 16.4. The standard InChI is InChI=1S/C20H16ClN3S2/c1-14(16-10-5-6-11-17(16)21)26-20-23-22-19(18-12-7-13-25-18)24(20)15-8-3-2-4-9-15/h2-14H,1H3/t14-/m0/s1. The molecule has 0 unspecified atom stereocenters. The lowest BCUT2D eigenvalue weighted by Crippen LogP contribution is -2.00. The van der Waals surface area contributed by atoms with Crippen molar-refractivity contribution < 1.29 is 0 Å². The summed E-state index contributed by atoms with van der Waals surface area (Å²) in [6.07, 6.45) is 0. The van der Waals surface area contributed by atoms with E-state index in [1.54, 1.807) is 23.1 Å². The van der Waals surface area contributed by atoms with Gasteiger partial charge in [-0.25, -0.2) is 0 Å². The molecule has 0 N–H and O–H groups in total. The van der Waals surface area contributed by atoms with Gasteiger partial charge < -0.3 is 0 Å². The van der Waals surface area contributed by atoms with Gasteiger partial charge in [0.2, 0.25) is 0 Å². The van der Waals surface area contributed by atoms with E-state index in [-0.39, 0.29) is 5.25 Å². The third-order valence-electron chi connectivity index (χ3n) is 4.01. The fourth-order valence-electron chi connectivity index (χ4n) is 2.75. The van der Waals surface area contributed by atoms with Crippen LogP contribution in [0.3, 0.4) is 0 Å². The lowest BCUT2D eigenvalue weighted by Gasteiger charge is -2.14. The fraction of sp³-hybridized carbons (Fsp3) is 0.100. The van der Waals surface area contributed by atoms with Crippen LogP contribution in [0.2, 0.25) is 5.02 Å². The molecule has 0 radical (unpaired) electrons. The molecule has 0 amide bonds. The highest BCUT2D eigenvalue weighted by Crippen LogP contribution is 2.39. The molecular weight excluding hydrogens is 382 g/mol. The maximum absolute atomic E-state index is 6.37. The first-order chi connectivity index (χ1) is 12.7. The van der Waals surface area contributed by atoms with E-state index in [2.05, 4.69) is 51.3 Å². The number of halogens is 1. The molecule has 0 saturated heterocycles. The average molecular weight is 398 g/mol. The molecule has 3 nitrogen and oxygen atoms in total. The quantitative estimate of drug-likeness (QED) is 0.360. The molecular formula is C20H16ClN3S2. The maximum Gasteiger partial charge on any atom is 0.196 e. The van der Waals surface area contributed by atoms with E-state index in [1.807, 2.05) is 42.5 Å². The van der Waals surface area contributed by atoms with Crippen molar-refractivity contribution in [2.24, 2.45) is 0 Å². The lowest BCUT2D eigenvalue weighted by atomic mass is 10.2. The van der Waals surface area contributed by atoms with Crippen LogP contribution in [0.5, 0.6) is 0 Å². The molecule has 0 saturated carbocycles. The molecule has 130 valence electrons. The van der Waals surface area contributed by atoms with Gasteiger partial charge in [-0.15, -0.1) is 21.5 Å². The van der Waals surface area contributed by atoms with Crippen LogP contribution in [0, 0.1) is 0 Å².